The Labute approximate surface area is 133 Å². The molecule has 0 saturated carbocycles. The fraction of sp³-hybridized carbons (Fsp3) is 0.125. The van der Waals surface area contributed by atoms with Gasteiger partial charge in [-0.15, -0.1) is 0 Å². The number of rotatable bonds is 4. The van der Waals surface area contributed by atoms with Crippen molar-refractivity contribution < 1.29 is 13.2 Å². The van der Waals surface area contributed by atoms with Crippen LogP contribution in [0.2, 0.25) is 0 Å². The molecule has 23 heavy (non-hydrogen) atoms. The number of carbonyl (C=O) groups excluding carboxylic acids is 1. The van der Waals surface area contributed by atoms with Gasteiger partial charge < -0.3 is 5.32 Å². The van der Waals surface area contributed by atoms with Crippen molar-refractivity contribution in [3.8, 4) is 0 Å². The predicted octanol–water partition coefficient (Wildman–Crippen LogP) is 1.67. The number of amides is 1. The molecule has 7 heteroatoms. The molecule has 3 rings (SSSR count). The van der Waals surface area contributed by atoms with E-state index in [1.165, 1.54) is 17.6 Å². The number of carbonyl (C=O) groups is 1. The minimum Gasteiger partial charge on any atom is -0.355 e. The third-order valence-electron chi connectivity index (χ3n) is 3.48. The van der Waals surface area contributed by atoms with Gasteiger partial charge in [0.15, 0.2) is 14.9 Å². The lowest BCUT2D eigenvalue weighted by Crippen LogP contribution is -2.18. The molecule has 0 aliphatic rings. The molecule has 0 spiro atoms. The van der Waals surface area contributed by atoms with E-state index in [-0.39, 0.29) is 16.7 Å². The summed E-state index contributed by atoms with van der Waals surface area (Å²) in [7, 11) is -2.06. The molecular weight excluding hydrogens is 314 g/mol. The summed E-state index contributed by atoms with van der Waals surface area (Å²) >= 11 is 0. The average molecular weight is 329 g/mol. The van der Waals surface area contributed by atoms with E-state index in [9.17, 15) is 13.2 Å². The average Bonchev–Trinajstić information content (AvgIpc) is 3.02. The molecule has 1 amide bonds. The maximum atomic E-state index is 12.7. The largest absolute Gasteiger partial charge is 0.355 e. The number of hydrogen-bond acceptors (Lipinski definition) is 4. The molecular formula is C16H15N3O3S. The van der Waals surface area contributed by atoms with Gasteiger partial charge in [-0.1, -0.05) is 18.2 Å². The Morgan fingerprint density at radius 3 is 2.74 bits per heavy atom. The molecule has 2 heterocycles. The highest BCUT2D eigenvalue weighted by Gasteiger charge is 2.19. The van der Waals surface area contributed by atoms with Gasteiger partial charge in [0.2, 0.25) is 0 Å². The smallest absolute Gasteiger partial charge is 0.251 e. The number of hydrogen-bond donors (Lipinski definition) is 1. The van der Waals surface area contributed by atoms with Gasteiger partial charge in [0.25, 0.3) is 5.91 Å². The zero-order chi connectivity index (χ0) is 16.4. The third kappa shape index (κ3) is 2.95. The summed E-state index contributed by atoms with van der Waals surface area (Å²) in [5, 5.41) is 6.71. The maximum Gasteiger partial charge on any atom is 0.251 e. The Morgan fingerprint density at radius 2 is 1.96 bits per heavy atom. The van der Waals surface area contributed by atoms with Crippen LogP contribution in [-0.4, -0.2) is 31.0 Å². The van der Waals surface area contributed by atoms with Crippen LogP contribution in [0.5, 0.6) is 0 Å². The van der Waals surface area contributed by atoms with Crippen LogP contribution in [0.15, 0.2) is 59.8 Å². The van der Waals surface area contributed by atoms with E-state index in [0.717, 1.165) is 0 Å². The second kappa shape index (κ2) is 5.85. The van der Waals surface area contributed by atoms with Gasteiger partial charge in [-0.05, 0) is 35.9 Å². The normalized spacial score (nSPS) is 11.5. The van der Waals surface area contributed by atoms with E-state index < -0.39 is 9.84 Å². The quantitative estimate of drug-likeness (QED) is 0.789. The number of benzene rings is 1. The molecule has 3 aromatic rings. The fourth-order valence-corrected chi connectivity index (χ4v) is 3.87. The van der Waals surface area contributed by atoms with Gasteiger partial charge in [-0.3, -0.25) is 4.79 Å². The van der Waals surface area contributed by atoms with E-state index in [1.807, 2.05) is 0 Å². The lowest BCUT2D eigenvalue weighted by molar-refractivity contribution is 0.0963. The van der Waals surface area contributed by atoms with Crippen molar-refractivity contribution in [1.82, 2.24) is 14.9 Å². The molecule has 0 atom stereocenters. The van der Waals surface area contributed by atoms with Crippen LogP contribution >= 0.6 is 0 Å². The van der Waals surface area contributed by atoms with Crippen molar-refractivity contribution in [1.29, 1.82) is 0 Å². The fourth-order valence-electron chi connectivity index (χ4n) is 2.40. The summed E-state index contributed by atoms with van der Waals surface area (Å²) in [5.41, 5.74) is 1.69. The van der Waals surface area contributed by atoms with Crippen molar-refractivity contribution >= 4 is 21.3 Å². The predicted molar refractivity (Wildman–Crippen MR) is 85.9 cm³/mol. The lowest BCUT2D eigenvalue weighted by atomic mass is 10.1. The molecule has 0 unspecified atom stereocenters. The Bertz CT molecular complexity index is 977. The van der Waals surface area contributed by atoms with Crippen LogP contribution in [0.1, 0.15) is 15.9 Å². The van der Waals surface area contributed by atoms with Crippen molar-refractivity contribution in [3.05, 3.63) is 65.9 Å². The highest BCUT2D eigenvalue weighted by molar-refractivity contribution is 7.90. The molecule has 0 aliphatic carbocycles. The standard InChI is InChI=1S/C16H15N3O3S/c1-17-16(20)13-5-2-4-12(10-13)11-23(21,22)15-7-3-6-14-8-9-18-19(14)15/h2-10H,11H2,1H3,(H,17,20). The van der Waals surface area contributed by atoms with Gasteiger partial charge in [0, 0.05) is 12.6 Å². The van der Waals surface area contributed by atoms with Crippen LogP contribution in [0, 0.1) is 0 Å². The minimum absolute atomic E-state index is 0.130. The highest BCUT2D eigenvalue weighted by Crippen LogP contribution is 2.18. The van der Waals surface area contributed by atoms with Crippen molar-refractivity contribution in [3.63, 3.8) is 0 Å². The van der Waals surface area contributed by atoms with Gasteiger partial charge in [-0.25, -0.2) is 12.9 Å². The second-order valence-electron chi connectivity index (χ2n) is 5.07. The summed E-state index contributed by atoms with van der Waals surface area (Å²) < 4.78 is 26.8. The summed E-state index contributed by atoms with van der Waals surface area (Å²) in [5.74, 6) is -0.449. The summed E-state index contributed by atoms with van der Waals surface area (Å²) in [4.78, 5) is 11.7. The van der Waals surface area contributed by atoms with E-state index in [0.29, 0.717) is 16.6 Å². The van der Waals surface area contributed by atoms with E-state index in [2.05, 4.69) is 10.4 Å². The Hall–Kier alpha value is -2.67. The van der Waals surface area contributed by atoms with Crippen molar-refractivity contribution in [2.24, 2.45) is 0 Å². The molecule has 0 fully saturated rings. The van der Waals surface area contributed by atoms with Crippen molar-refractivity contribution in [2.75, 3.05) is 7.05 Å². The molecule has 2 aromatic heterocycles. The van der Waals surface area contributed by atoms with Gasteiger partial charge in [0.05, 0.1) is 17.5 Å². The molecule has 0 bridgehead atoms. The molecule has 6 nitrogen and oxygen atoms in total. The second-order valence-corrected chi connectivity index (χ2v) is 7.01. The van der Waals surface area contributed by atoms with Gasteiger partial charge >= 0.3 is 0 Å². The van der Waals surface area contributed by atoms with Gasteiger partial charge in [0.1, 0.15) is 0 Å². The first-order valence-corrected chi connectivity index (χ1v) is 8.63. The van der Waals surface area contributed by atoms with Crippen LogP contribution in [0.3, 0.4) is 0 Å². The molecule has 0 aliphatic heterocycles. The zero-order valence-electron chi connectivity index (χ0n) is 12.4. The monoisotopic (exact) mass is 329 g/mol. The highest BCUT2D eigenvalue weighted by atomic mass is 32.2. The number of nitrogens with zero attached hydrogens (tertiary/aromatic N) is 2. The Kier molecular flexibility index (Phi) is 3.87. The Balaban J connectivity index is 1.99. The van der Waals surface area contributed by atoms with E-state index in [4.69, 9.17) is 0 Å². The molecule has 1 aromatic carbocycles. The Morgan fingerprint density at radius 1 is 1.17 bits per heavy atom. The van der Waals surface area contributed by atoms with Crippen LogP contribution < -0.4 is 5.32 Å². The minimum atomic E-state index is -3.59. The van der Waals surface area contributed by atoms with E-state index >= 15 is 0 Å². The van der Waals surface area contributed by atoms with Gasteiger partial charge in [-0.2, -0.15) is 5.10 Å². The first-order valence-electron chi connectivity index (χ1n) is 6.98. The maximum absolute atomic E-state index is 12.7. The lowest BCUT2D eigenvalue weighted by Gasteiger charge is -2.08. The topological polar surface area (TPSA) is 80.5 Å². The first kappa shape index (κ1) is 15.2. The molecule has 0 radical (unpaired) electrons. The third-order valence-corrected chi connectivity index (χ3v) is 5.14. The summed E-state index contributed by atoms with van der Waals surface area (Å²) in [6.07, 6.45) is 1.56. The SMILES string of the molecule is CNC(=O)c1cccc(CS(=O)(=O)c2cccc3ccnn23)c1. The molecule has 118 valence electrons. The number of nitrogens with one attached hydrogen (secondary N) is 1. The van der Waals surface area contributed by atoms with Crippen LogP contribution in [0.25, 0.3) is 5.52 Å². The number of sulfone groups is 1. The molecule has 1 N–H and O–H groups in total. The first-order chi connectivity index (χ1) is 11.0. The molecule has 0 saturated heterocycles. The number of aromatic nitrogens is 2. The number of pyridine rings is 1. The van der Waals surface area contributed by atoms with Crippen molar-refractivity contribution in [2.45, 2.75) is 10.8 Å². The summed E-state index contributed by atoms with van der Waals surface area (Å²) in [6.45, 7) is 0. The zero-order valence-corrected chi connectivity index (χ0v) is 13.2. The number of fused-ring (bicyclic) bond motifs is 1. The summed E-state index contributed by atoms with van der Waals surface area (Å²) in [6, 6.07) is 13.3. The van der Waals surface area contributed by atoms with Crippen LogP contribution in [-0.2, 0) is 15.6 Å². The van der Waals surface area contributed by atoms with E-state index in [1.54, 1.807) is 48.7 Å². The van der Waals surface area contributed by atoms with Crippen LogP contribution in [0.4, 0.5) is 0 Å².